The smallest absolute Gasteiger partial charge is 0.128 e. The van der Waals surface area contributed by atoms with E-state index in [9.17, 15) is 5.11 Å². The number of benzene rings is 2. The minimum atomic E-state index is -0.733. The van der Waals surface area contributed by atoms with Crippen molar-refractivity contribution >= 4 is 27.5 Å². The number of fused-ring (bicyclic) bond motifs is 1. The second-order valence-corrected chi connectivity index (χ2v) is 5.89. The van der Waals surface area contributed by atoms with Gasteiger partial charge in [0.1, 0.15) is 11.9 Å². The van der Waals surface area contributed by atoms with Crippen molar-refractivity contribution in [2.75, 3.05) is 6.61 Å². The Balaban J connectivity index is 2.07. The lowest BCUT2D eigenvalue weighted by Gasteiger charge is -2.16. The second kappa shape index (κ2) is 5.16. The van der Waals surface area contributed by atoms with Crippen LogP contribution in [0.2, 0.25) is 5.02 Å². The Hall–Kier alpha value is -1.03. The van der Waals surface area contributed by atoms with Crippen LogP contribution in [0.15, 0.2) is 40.9 Å². The molecule has 2 nitrogen and oxygen atoms in total. The first kappa shape index (κ1) is 13.0. The summed E-state index contributed by atoms with van der Waals surface area (Å²) in [7, 11) is 0. The maximum Gasteiger partial charge on any atom is 0.128 e. The summed E-state index contributed by atoms with van der Waals surface area (Å²) in [5.74, 6) is 0.802. The van der Waals surface area contributed by atoms with Crippen LogP contribution in [0, 0.1) is 0 Å². The van der Waals surface area contributed by atoms with E-state index in [1.54, 1.807) is 12.1 Å². The highest BCUT2D eigenvalue weighted by Crippen LogP contribution is 2.38. The molecule has 0 bridgehead atoms. The van der Waals surface area contributed by atoms with Gasteiger partial charge in [0, 0.05) is 21.5 Å². The molecule has 0 radical (unpaired) electrons. The van der Waals surface area contributed by atoms with E-state index in [0.717, 1.165) is 33.3 Å². The fraction of sp³-hybridized carbons (Fsp3) is 0.200. The maximum absolute atomic E-state index is 10.5. The molecule has 0 amide bonds. The van der Waals surface area contributed by atoms with Crippen LogP contribution in [-0.2, 0) is 6.42 Å². The molecule has 1 unspecified atom stereocenters. The molecule has 2 aromatic carbocycles. The van der Waals surface area contributed by atoms with E-state index >= 15 is 0 Å². The summed E-state index contributed by atoms with van der Waals surface area (Å²) >= 11 is 9.45. The van der Waals surface area contributed by atoms with Crippen molar-refractivity contribution in [3.8, 4) is 5.75 Å². The molecule has 0 aromatic heterocycles. The number of halogens is 2. The van der Waals surface area contributed by atoms with Gasteiger partial charge < -0.3 is 9.84 Å². The Kier molecular flexibility index (Phi) is 3.52. The number of hydrogen-bond donors (Lipinski definition) is 1. The zero-order valence-electron chi connectivity index (χ0n) is 10.1. The number of hydrogen-bond acceptors (Lipinski definition) is 2. The van der Waals surface area contributed by atoms with Crippen LogP contribution in [-0.4, -0.2) is 11.7 Å². The fourth-order valence-corrected chi connectivity index (χ4v) is 3.08. The van der Waals surface area contributed by atoms with E-state index in [1.165, 1.54) is 0 Å². The summed E-state index contributed by atoms with van der Waals surface area (Å²) in [5, 5.41) is 11.2. The second-order valence-electron chi connectivity index (χ2n) is 4.54. The van der Waals surface area contributed by atoms with Gasteiger partial charge in [-0.05, 0) is 35.4 Å². The molecule has 3 rings (SSSR count). The Morgan fingerprint density at radius 3 is 2.89 bits per heavy atom. The third-order valence-electron chi connectivity index (χ3n) is 3.24. The zero-order chi connectivity index (χ0) is 13.4. The molecule has 0 aliphatic carbocycles. The Bertz CT molecular complexity index is 628. The van der Waals surface area contributed by atoms with Crippen LogP contribution in [0.3, 0.4) is 0 Å². The van der Waals surface area contributed by atoms with Crippen LogP contribution in [0.1, 0.15) is 22.8 Å². The highest BCUT2D eigenvalue weighted by atomic mass is 79.9. The summed E-state index contributed by atoms with van der Waals surface area (Å²) in [6, 6.07) is 11.2. The van der Waals surface area contributed by atoms with Gasteiger partial charge in [-0.1, -0.05) is 39.7 Å². The van der Waals surface area contributed by atoms with Crippen LogP contribution in [0.25, 0.3) is 0 Å². The molecule has 1 aliphatic rings. The van der Waals surface area contributed by atoms with Crippen molar-refractivity contribution in [2.24, 2.45) is 0 Å². The standard InChI is InChI=1S/C15H12BrClO2/c16-11-6-10-4-5-19-15(10)13(8-11)14(18)9-2-1-3-12(17)7-9/h1-3,6-8,14,18H,4-5H2. The van der Waals surface area contributed by atoms with E-state index in [1.807, 2.05) is 24.3 Å². The number of ether oxygens (including phenoxy) is 1. The lowest BCUT2D eigenvalue weighted by atomic mass is 9.98. The topological polar surface area (TPSA) is 29.5 Å². The lowest BCUT2D eigenvalue weighted by molar-refractivity contribution is 0.213. The number of aliphatic hydroxyl groups excluding tert-OH is 1. The monoisotopic (exact) mass is 338 g/mol. The van der Waals surface area contributed by atoms with Crippen molar-refractivity contribution in [2.45, 2.75) is 12.5 Å². The van der Waals surface area contributed by atoms with Crippen LogP contribution in [0.4, 0.5) is 0 Å². The Morgan fingerprint density at radius 1 is 1.26 bits per heavy atom. The van der Waals surface area contributed by atoms with Gasteiger partial charge in [-0.15, -0.1) is 0 Å². The quantitative estimate of drug-likeness (QED) is 0.892. The molecule has 1 aliphatic heterocycles. The third kappa shape index (κ3) is 2.50. The molecule has 0 saturated carbocycles. The number of aliphatic hydroxyl groups is 1. The van der Waals surface area contributed by atoms with E-state index in [-0.39, 0.29) is 0 Å². The highest BCUT2D eigenvalue weighted by Gasteiger charge is 2.23. The van der Waals surface area contributed by atoms with Crippen LogP contribution in [0.5, 0.6) is 5.75 Å². The molecule has 19 heavy (non-hydrogen) atoms. The van der Waals surface area contributed by atoms with Crippen LogP contribution >= 0.6 is 27.5 Å². The summed E-state index contributed by atoms with van der Waals surface area (Å²) in [6.45, 7) is 0.668. The van der Waals surface area contributed by atoms with Crippen molar-refractivity contribution in [1.29, 1.82) is 0 Å². The predicted octanol–water partition coefficient (Wildman–Crippen LogP) is 4.12. The van der Waals surface area contributed by atoms with E-state index < -0.39 is 6.10 Å². The van der Waals surface area contributed by atoms with Gasteiger partial charge in [0.15, 0.2) is 0 Å². The molecule has 1 N–H and O–H groups in total. The minimum Gasteiger partial charge on any atom is -0.493 e. The van der Waals surface area contributed by atoms with Gasteiger partial charge in [-0.3, -0.25) is 0 Å². The average molecular weight is 340 g/mol. The first-order valence-electron chi connectivity index (χ1n) is 6.04. The molecular formula is C15H12BrClO2. The molecule has 1 heterocycles. The summed E-state index contributed by atoms with van der Waals surface area (Å²) in [5.41, 5.74) is 2.68. The predicted molar refractivity (Wildman–Crippen MR) is 78.9 cm³/mol. The molecule has 0 spiro atoms. The fourth-order valence-electron chi connectivity index (χ4n) is 2.36. The zero-order valence-corrected chi connectivity index (χ0v) is 12.4. The Labute approximate surface area is 125 Å². The minimum absolute atomic E-state index is 0.615. The van der Waals surface area contributed by atoms with Crippen molar-refractivity contribution in [3.63, 3.8) is 0 Å². The molecule has 0 fully saturated rings. The van der Waals surface area contributed by atoms with E-state index in [4.69, 9.17) is 16.3 Å². The van der Waals surface area contributed by atoms with Crippen molar-refractivity contribution in [3.05, 3.63) is 62.6 Å². The molecule has 98 valence electrons. The molecule has 0 saturated heterocycles. The maximum atomic E-state index is 10.5. The first-order chi connectivity index (χ1) is 9.15. The third-order valence-corrected chi connectivity index (χ3v) is 3.93. The van der Waals surface area contributed by atoms with Crippen molar-refractivity contribution in [1.82, 2.24) is 0 Å². The first-order valence-corrected chi connectivity index (χ1v) is 7.21. The van der Waals surface area contributed by atoms with E-state index in [0.29, 0.717) is 11.6 Å². The van der Waals surface area contributed by atoms with Crippen LogP contribution < -0.4 is 4.74 Å². The number of rotatable bonds is 2. The molecular weight excluding hydrogens is 328 g/mol. The van der Waals surface area contributed by atoms with E-state index in [2.05, 4.69) is 15.9 Å². The normalized spacial score (nSPS) is 14.9. The summed E-state index contributed by atoms with van der Waals surface area (Å²) in [6.07, 6.45) is 0.146. The SMILES string of the molecule is OC(c1cccc(Cl)c1)c1cc(Br)cc2c1OCC2. The molecule has 1 atom stereocenters. The summed E-state index contributed by atoms with van der Waals surface area (Å²) in [4.78, 5) is 0. The van der Waals surface area contributed by atoms with Crippen molar-refractivity contribution < 1.29 is 9.84 Å². The van der Waals surface area contributed by atoms with Gasteiger partial charge >= 0.3 is 0 Å². The molecule has 4 heteroatoms. The highest BCUT2D eigenvalue weighted by molar-refractivity contribution is 9.10. The van der Waals surface area contributed by atoms with Gasteiger partial charge in [-0.25, -0.2) is 0 Å². The lowest BCUT2D eigenvalue weighted by Crippen LogP contribution is -2.02. The Morgan fingerprint density at radius 2 is 2.11 bits per heavy atom. The van der Waals surface area contributed by atoms with Gasteiger partial charge in [-0.2, -0.15) is 0 Å². The van der Waals surface area contributed by atoms with Gasteiger partial charge in [0.25, 0.3) is 0 Å². The average Bonchev–Trinajstić information content (AvgIpc) is 2.85. The largest absolute Gasteiger partial charge is 0.493 e. The summed E-state index contributed by atoms with van der Waals surface area (Å²) < 4.78 is 6.60. The van der Waals surface area contributed by atoms with Gasteiger partial charge in [0.05, 0.1) is 6.61 Å². The molecule has 2 aromatic rings. The van der Waals surface area contributed by atoms with Gasteiger partial charge in [0.2, 0.25) is 0 Å².